The number of hydrogen-bond acceptors (Lipinski definition) is 3. The van der Waals surface area contributed by atoms with Crippen LogP contribution in [0.3, 0.4) is 0 Å². The number of aldehydes is 1. The largest absolute Gasteiger partial charge is 0.486 e. The van der Waals surface area contributed by atoms with Crippen LogP contribution in [0, 0.1) is 0 Å². The summed E-state index contributed by atoms with van der Waals surface area (Å²) in [6.45, 7) is 0.213. The summed E-state index contributed by atoms with van der Waals surface area (Å²) >= 11 is 11.6. The minimum absolute atomic E-state index is 0.213. The molecular formula is C12H8Cl2O3. The van der Waals surface area contributed by atoms with Crippen molar-refractivity contribution in [3.8, 4) is 5.75 Å². The third-order valence-corrected chi connectivity index (χ3v) is 2.45. The standard InChI is InChI=1S/C12H8Cl2O3/c13-8-3-9(14)5-12(4-8)16-7-11-2-1-10(6-15)17-11/h1-6H,7H2. The van der Waals surface area contributed by atoms with Gasteiger partial charge in [0.1, 0.15) is 18.1 Å². The van der Waals surface area contributed by atoms with Gasteiger partial charge in [-0.2, -0.15) is 0 Å². The van der Waals surface area contributed by atoms with E-state index in [1.54, 1.807) is 30.3 Å². The molecule has 0 amide bonds. The predicted octanol–water partition coefficient (Wildman–Crippen LogP) is 3.98. The lowest BCUT2D eigenvalue weighted by molar-refractivity contribution is 0.109. The van der Waals surface area contributed by atoms with Crippen LogP contribution in [0.1, 0.15) is 16.3 Å². The molecule has 0 N–H and O–H groups in total. The van der Waals surface area contributed by atoms with Gasteiger partial charge in [0.15, 0.2) is 12.0 Å². The van der Waals surface area contributed by atoms with Crippen molar-refractivity contribution in [2.45, 2.75) is 6.61 Å². The molecule has 5 heteroatoms. The summed E-state index contributed by atoms with van der Waals surface area (Å²) in [7, 11) is 0. The van der Waals surface area contributed by atoms with Crippen molar-refractivity contribution in [2.75, 3.05) is 0 Å². The molecule has 0 saturated carbocycles. The molecule has 0 fully saturated rings. The minimum Gasteiger partial charge on any atom is -0.486 e. The summed E-state index contributed by atoms with van der Waals surface area (Å²) in [5.41, 5.74) is 0. The Labute approximate surface area is 108 Å². The SMILES string of the molecule is O=Cc1ccc(COc2cc(Cl)cc(Cl)c2)o1. The van der Waals surface area contributed by atoms with Crippen LogP contribution in [0.25, 0.3) is 0 Å². The third kappa shape index (κ3) is 3.25. The molecule has 0 saturated heterocycles. The second-order valence-electron chi connectivity index (χ2n) is 3.32. The molecule has 3 nitrogen and oxygen atoms in total. The zero-order chi connectivity index (χ0) is 12.3. The Morgan fingerprint density at radius 3 is 2.47 bits per heavy atom. The maximum absolute atomic E-state index is 10.4. The third-order valence-electron chi connectivity index (χ3n) is 2.02. The van der Waals surface area contributed by atoms with Gasteiger partial charge in [0.25, 0.3) is 0 Å². The van der Waals surface area contributed by atoms with Crippen LogP contribution in [0.5, 0.6) is 5.75 Å². The van der Waals surface area contributed by atoms with E-state index in [0.717, 1.165) is 0 Å². The molecule has 1 aromatic heterocycles. The van der Waals surface area contributed by atoms with E-state index in [4.69, 9.17) is 32.4 Å². The molecule has 88 valence electrons. The van der Waals surface area contributed by atoms with Crippen LogP contribution in [-0.2, 0) is 6.61 Å². The van der Waals surface area contributed by atoms with Gasteiger partial charge in [-0.05, 0) is 30.3 Å². The van der Waals surface area contributed by atoms with Gasteiger partial charge in [0.2, 0.25) is 0 Å². The van der Waals surface area contributed by atoms with Gasteiger partial charge in [-0.25, -0.2) is 0 Å². The summed E-state index contributed by atoms with van der Waals surface area (Å²) in [5, 5.41) is 1.00. The Bertz CT molecular complexity index is 514. The summed E-state index contributed by atoms with van der Waals surface area (Å²) < 4.78 is 10.6. The topological polar surface area (TPSA) is 39.4 Å². The maximum atomic E-state index is 10.4. The van der Waals surface area contributed by atoms with E-state index in [1.165, 1.54) is 0 Å². The average Bonchev–Trinajstić information content (AvgIpc) is 2.73. The van der Waals surface area contributed by atoms with E-state index < -0.39 is 0 Å². The zero-order valence-corrected chi connectivity index (χ0v) is 10.2. The smallest absolute Gasteiger partial charge is 0.185 e. The normalized spacial score (nSPS) is 10.2. The Kier molecular flexibility index (Phi) is 3.71. The Morgan fingerprint density at radius 2 is 1.88 bits per heavy atom. The number of halogens is 2. The fourth-order valence-corrected chi connectivity index (χ4v) is 1.81. The fraction of sp³-hybridized carbons (Fsp3) is 0.0833. The number of carbonyl (C=O) groups excluding carboxylic acids is 1. The number of hydrogen-bond donors (Lipinski definition) is 0. The monoisotopic (exact) mass is 270 g/mol. The highest BCUT2D eigenvalue weighted by atomic mass is 35.5. The van der Waals surface area contributed by atoms with Gasteiger partial charge < -0.3 is 9.15 Å². The molecule has 0 aliphatic rings. The lowest BCUT2D eigenvalue weighted by Gasteiger charge is -2.05. The van der Waals surface area contributed by atoms with Crippen LogP contribution in [-0.4, -0.2) is 6.29 Å². The van der Waals surface area contributed by atoms with E-state index in [0.29, 0.717) is 27.8 Å². The second-order valence-corrected chi connectivity index (χ2v) is 4.19. The zero-order valence-electron chi connectivity index (χ0n) is 8.65. The van der Waals surface area contributed by atoms with Crippen molar-refractivity contribution in [3.63, 3.8) is 0 Å². The molecule has 0 atom stereocenters. The van der Waals surface area contributed by atoms with Crippen molar-refractivity contribution in [1.29, 1.82) is 0 Å². The molecule has 2 aromatic rings. The lowest BCUT2D eigenvalue weighted by Crippen LogP contribution is -1.93. The van der Waals surface area contributed by atoms with Gasteiger partial charge in [-0.1, -0.05) is 23.2 Å². The van der Waals surface area contributed by atoms with Gasteiger partial charge in [0, 0.05) is 10.0 Å². The van der Waals surface area contributed by atoms with Crippen molar-refractivity contribution >= 4 is 29.5 Å². The lowest BCUT2D eigenvalue weighted by atomic mass is 10.3. The Hall–Kier alpha value is -1.45. The van der Waals surface area contributed by atoms with E-state index in [2.05, 4.69) is 0 Å². The van der Waals surface area contributed by atoms with Gasteiger partial charge >= 0.3 is 0 Å². The molecule has 0 aliphatic carbocycles. The van der Waals surface area contributed by atoms with Crippen molar-refractivity contribution in [2.24, 2.45) is 0 Å². The first-order valence-electron chi connectivity index (χ1n) is 4.80. The summed E-state index contributed by atoms with van der Waals surface area (Å²) in [6.07, 6.45) is 0.639. The molecular weight excluding hydrogens is 263 g/mol. The average molecular weight is 271 g/mol. The molecule has 0 radical (unpaired) electrons. The van der Waals surface area contributed by atoms with Crippen LogP contribution < -0.4 is 4.74 Å². The van der Waals surface area contributed by atoms with Crippen molar-refractivity contribution in [1.82, 2.24) is 0 Å². The first-order valence-corrected chi connectivity index (χ1v) is 5.56. The number of benzene rings is 1. The van der Waals surface area contributed by atoms with Crippen LogP contribution in [0.4, 0.5) is 0 Å². The van der Waals surface area contributed by atoms with Crippen molar-refractivity contribution in [3.05, 3.63) is 51.9 Å². The molecule has 1 aromatic carbocycles. The molecule has 1 heterocycles. The first-order chi connectivity index (χ1) is 8.17. The van der Waals surface area contributed by atoms with Crippen LogP contribution in [0.2, 0.25) is 10.0 Å². The highest BCUT2D eigenvalue weighted by molar-refractivity contribution is 6.34. The predicted molar refractivity (Wildman–Crippen MR) is 64.9 cm³/mol. The second kappa shape index (κ2) is 5.25. The number of rotatable bonds is 4. The molecule has 0 aliphatic heterocycles. The van der Waals surface area contributed by atoms with Gasteiger partial charge in [0.05, 0.1) is 0 Å². The number of furan rings is 1. The van der Waals surface area contributed by atoms with Crippen molar-refractivity contribution < 1.29 is 13.9 Å². The molecule has 0 spiro atoms. The maximum Gasteiger partial charge on any atom is 0.185 e. The highest BCUT2D eigenvalue weighted by Gasteiger charge is 2.03. The van der Waals surface area contributed by atoms with E-state index in [-0.39, 0.29) is 12.4 Å². The molecule has 0 unspecified atom stereocenters. The first kappa shape index (κ1) is 12.0. The summed E-state index contributed by atoms with van der Waals surface area (Å²) in [5.74, 6) is 1.38. The van der Waals surface area contributed by atoms with E-state index in [9.17, 15) is 4.79 Å². The van der Waals surface area contributed by atoms with Crippen LogP contribution in [0.15, 0.2) is 34.7 Å². The summed E-state index contributed by atoms with van der Waals surface area (Å²) in [4.78, 5) is 10.4. The van der Waals surface area contributed by atoms with E-state index >= 15 is 0 Å². The Balaban J connectivity index is 2.04. The summed E-state index contributed by atoms with van der Waals surface area (Å²) in [6, 6.07) is 8.17. The van der Waals surface area contributed by atoms with Crippen LogP contribution >= 0.6 is 23.2 Å². The quantitative estimate of drug-likeness (QED) is 0.789. The van der Waals surface area contributed by atoms with Gasteiger partial charge in [-0.3, -0.25) is 4.79 Å². The van der Waals surface area contributed by atoms with E-state index in [1.807, 2.05) is 0 Å². The fourth-order valence-electron chi connectivity index (χ4n) is 1.30. The highest BCUT2D eigenvalue weighted by Crippen LogP contribution is 2.24. The minimum atomic E-state index is 0.213. The number of ether oxygens (including phenoxy) is 1. The number of carbonyl (C=O) groups is 1. The Morgan fingerprint density at radius 1 is 1.18 bits per heavy atom. The molecule has 17 heavy (non-hydrogen) atoms. The molecule has 2 rings (SSSR count). The van der Waals surface area contributed by atoms with Gasteiger partial charge in [-0.15, -0.1) is 0 Å². The molecule has 0 bridgehead atoms.